The number of nitrogens with zero attached hydrogens (tertiary/aromatic N) is 1. The van der Waals surface area contributed by atoms with Gasteiger partial charge in [-0.1, -0.05) is 26.7 Å². The molecule has 0 unspecified atom stereocenters. The Morgan fingerprint density at radius 1 is 1.32 bits per heavy atom. The van der Waals surface area contributed by atoms with E-state index in [1.54, 1.807) is 4.90 Å². The highest BCUT2D eigenvalue weighted by Crippen LogP contribution is 2.26. The molecule has 2 amide bonds. The molecular formula is C15H26N2O4S. The summed E-state index contributed by atoms with van der Waals surface area (Å²) in [6.07, 6.45) is 3.34. The van der Waals surface area contributed by atoms with Gasteiger partial charge in [0.1, 0.15) is 6.04 Å². The van der Waals surface area contributed by atoms with Crippen LogP contribution in [0.1, 0.15) is 46.0 Å². The number of hydrogen-bond donors (Lipinski definition) is 1. The van der Waals surface area contributed by atoms with Crippen LogP contribution >= 0.6 is 0 Å². The molecule has 2 fully saturated rings. The molecule has 1 N–H and O–H groups in total. The molecule has 1 saturated carbocycles. The van der Waals surface area contributed by atoms with Crippen molar-refractivity contribution in [3.63, 3.8) is 0 Å². The average molecular weight is 330 g/mol. The topological polar surface area (TPSA) is 83.6 Å². The van der Waals surface area contributed by atoms with Crippen LogP contribution < -0.4 is 5.32 Å². The van der Waals surface area contributed by atoms with Crippen LogP contribution in [0.5, 0.6) is 0 Å². The smallest absolute Gasteiger partial charge is 0.243 e. The van der Waals surface area contributed by atoms with Crippen molar-refractivity contribution in [3.8, 4) is 0 Å². The van der Waals surface area contributed by atoms with Crippen LogP contribution in [0.15, 0.2) is 0 Å². The van der Waals surface area contributed by atoms with E-state index in [4.69, 9.17) is 0 Å². The van der Waals surface area contributed by atoms with Gasteiger partial charge in [-0.15, -0.1) is 0 Å². The van der Waals surface area contributed by atoms with Gasteiger partial charge in [0.25, 0.3) is 0 Å². The van der Waals surface area contributed by atoms with Crippen LogP contribution in [0.2, 0.25) is 0 Å². The lowest BCUT2D eigenvalue weighted by atomic mass is 9.99. The summed E-state index contributed by atoms with van der Waals surface area (Å²) in [5.41, 5.74) is 0. The van der Waals surface area contributed by atoms with E-state index in [-0.39, 0.29) is 35.2 Å². The lowest BCUT2D eigenvalue weighted by molar-refractivity contribution is -0.144. The number of hydrogen-bond acceptors (Lipinski definition) is 4. The van der Waals surface area contributed by atoms with Crippen molar-refractivity contribution in [2.45, 2.75) is 57.2 Å². The molecule has 6 nitrogen and oxygen atoms in total. The maximum Gasteiger partial charge on any atom is 0.243 e. The zero-order valence-electron chi connectivity index (χ0n) is 13.4. The fraction of sp³-hybridized carbons (Fsp3) is 0.867. The fourth-order valence-electron chi connectivity index (χ4n) is 3.41. The molecule has 126 valence electrons. The fourth-order valence-corrected chi connectivity index (χ4v) is 5.26. The van der Waals surface area contributed by atoms with Crippen LogP contribution in [0.4, 0.5) is 0 Å². The molecule has 0 aromatic heterocycles. The Kier molecular flexibility index (Phi) is 5.47. The molecule has 1 aliphatic carbocycles. The van der Waals surface area contributed by atoms with Gasteiger partial charge in [0.05, 0.1) is 11.0 Å². The molecule has 1 heterocycles. The van der Waals surface area contributed by atoms with E-state index in [0.717, 1.165) is 25.7 Å². The quantitative estimate of drug-likeness (QED) is 0.805. The van der Waals surface area contributed by atoms with Crippen molar-refractivity contribution in [1.82, 2.24) is 10.2 Å². The van der Waals surface area contributed by atoms with Crippen LogP contribution in [0, 0.1) is 5.92 Å². The first-order valence-corrected chi connectivity index (χ1v) is 9.83. The summed E-state index contributed by atoms with van der Waals surface area (Å²) in [7, 11) is -3.19. The standard InChI is InChI=1S/C15H26N2O4S/c1-11(2)14-15(19)16-8-9-17(14)13(18)7-10-22(20,21)12-5-3-4-6-12/h11-12,14H,3-10H2,1-2H3,(H,16,19)/t14-/m1/s1. The minimum Gasteiger partial charge on any atom is -0.353 e. The van der Waals surface area contributed by atoms with Crippen molar-refractivity contribution in [1.29, 1.82) is 0 Å². The molecule has 1 saturated heterocycles. The van der Waals surface area contributed by atoms with Gasteiger partial charge in [0, 0.05) is 19.5 Å². The highest BCUT2D eigenvalue weighted by Gasteiger charge is 2.36. The van der Waals surface area contributed by atoms with Crippen molar-refractivity contribution in [3.05, 3.63) is 0 Å². The molecule has 1 aliphatic heterocycles. The normalized spacial score (nSPS) is 23.9. The van der Waals surface area contributed by atoms with Crippen LogP contribution in [-0.4, -0.2) is 55.3 Å². The highest BCUT2D eigenvalue weighted by atomic mass is 32.2. The molecule has 0 spiro atoms. The maximum absolute atomic E-state index is 12.4. The summed E-state index contributed by atoms with van der Waals surface area (Å²) in [6.45, 7) is 4.68. The molecule has 2 aliphatic rings. The first kappa shape index (κ1) is 17.2. The van der Waals surface area contributed by atoms with Gasteiger partial charge in [-0.3, -0.25) is 9.59 Å². The Morgan fingerprint density at radius 2 is 1.95 bits per heavy atom. The molecule has 0 aromatic carbocycles. The van der Waals surface area contributed by atoms with Crippen LogP contribution in [0.25, 0.3) is 0 Å². The third-order valence-electron chi connectivity index (χ3n) is 4.62. The molecule has 22 heavy (non-hydrogen) atoms. The second-order valence-electron chi connectivity index (χ2n) is 6.59. The third-order valence-corrected chi connectivity index (χ3v) is 6.88. The number of carbonyl (C=O) groups excluding carboxylic acids is 2. The van der Waals surface area contributed by atoms with Crippen molar-refractivity contribution in [2.75, 3.05) is 18.8 Å². The van der Waals surface area contributed by atoms with Crippen molar-refractivity contribution >= 4 is 21.7 Å². The SMILES string of the molecule is CC(C)[C@@H]1C(=O)NCCN1C(=O)CCS(=O)(=O)C1CCCC1. The minimum absolute atomic E-state index is 0.00990. The molecule has 1 atom stereocenters. The average Bonchev–Trinajstić information content (AvgIpc) is 2.99. The number of amides is 2. The number of carbonyl (C=O) groups is 2. The van der Waals surface area contributed by atoms with E-state index in [2.05, 4.69) is 5.32 Å². The largest absolute Gasteiger partial charge is 0.353 e. The molecule has 7 heteroatoms. The second kappa shape index (κ2) is 6.98. The Labute approximate surface area is 132 Å². The summed E-state index contributed by atoms with van der Waals surface area (Å²) in [5, 5.41) is 2.49. The first-order valence-electron chi connectivity index (χ1n) is 8.11. The van der Waals surface area contributed by atoms with Crippen molar-refractivity contribution in [2.24, 2.45) is 5.92 Å². The molecule has 0 aromatic rings. The summed E-state index contributed by atoms with van der Waals surface area (Å²) >= 11 is 0. The van der Waals surface area contributed by atoms with Gasteiger partial charge in [-0.25, -0.2) is 8.42 Å². The van der Waals surface area contributed by atoms with Gasteiger partial charge >= 0.3 is 0 Å². The van der Waals surface area contributed by atoms with E-state index < -0.39 is 15.9 Å². The number of sulfone groups is 1. The van der Waals surface area contributed by atoms with Crippen LogP contribution in [-0.2, 0) is 19.4 Å². The molecule has 2 rings (SSSR count). The van der Waals surface area contributed by atoms with E-state index >= 15 is 0 Å². The molecular weight excluding hydrogens is 304 g/mol. The van der Waals surface area contributed by atoms with E-state index in [0.29, 0.717) is 13.1 Å². The lowest BCUT2D eigenvalue weighted by Crippen LogP contribution is -2.59. The Bertz CT molecular complexity index is 524. The Hall–Kier alpha value is -1.11. The molecule has 0 radical (unpaired) electrons. The summed E-state index contributed by atoms with van der Waals surface area (Å²) < 4.78 is 24.5. The monoisotopic (exact) mass is 330 g/mol. The Balaban J connectivity index is 1.97. The van der Waals surface area contributed by atoms with Gasteiger partial charge in [-0.2, -0.15) is 0 Å². The number of piperazine rings is 1. The summed E-state index contributed by atoms with van der Waals surface area (Å²) in [5.74, 6) is -0.460. The predicted molar refractivity (Wildman–Crippen MR) is 84.0 cm³/mol. The third kappa shape index (κ3) is 3.80. The number of nitrogens with one attached hydrogen (secondary N) is 1. The van der Waals surface area contributed by atoms with Crippen molar-refractivity contribution < 1.29 is 18.0 Å². The minimum atomic E-state index is -3.19. The number of rotatable bonds is 5. The first-order chi connectivity index (χ1) is 10.3. The zero-order valence-corrected chi connectivity index (χ0v) is 14.2. The maximum atomic E-state index is 12.4. The summed E-state index contributed by atoms with van der Waals surface area (Å²) in [4.78, 5) is 25.9. The van der Waals surface area contributed by atoms with E-state index in [9.17, 15) is 18.0 Å². The van der Waals surface area contributed by atoms with E-state index in [1.165, 1.54) is 0 Å². The highest BCUT2D eigenvalue weighted by molar-refractivity contribution is 7.92. The van der Waals surface area contributed by atoms with Gasteiger partial charge in [0.2, 0.25) is 11.8 Å². The zero-order chi connectivity index (χ0) is 16.3. The van der Waals surface area contributed by atoms with Gasteiger partial charge in [-0.05, 0) is 18.8 Å². The Morgan fingerprint density at radius 3 is 2.55 bits per heavy atom. The van der Waals surface area contributed by atoms with Gasteiger partial charge < -0.3 is 10.2 Å². The van der Waals surface area contributed by atoms with Crippen LogP contribution in [0.3, 0.4) is 0 Å². The van der Waals surface area contributed by atoms with E-state index in [1.807, 2.05) is 13.8 Å². The van der Waals surface area contributed by atoms with Gasteiger partial charge in [0.15, 0.2) is 9.84 Å². The lowest BCUT2D eigenvalue weighted by Gasteiger charge is -2.37. The summed E-state index contributed by atoms with van der Waals surface area (Å²) in [6, 6.07) is -0.490. The molecule has 0 bridgehead atoms. The second-order valence-corrected chi connectivity index (χ2v) is 8.99. The predicted octanol–water partition coefficient (Wildman–Crippen LogP) is 0.717.